The lowest BCUT2D eigenvalue weighted by atomic mass is 10.0. The molecule has 1 aromatic rings. The molecule has 4 heteroatoms. The van der Waals surface area contributed by atoms with Gasteiger partial charge in [0.2, 0.25) is 0 Å². The maximum Gasteiger partial charge on any atom is 0.169 e. The van der Waals surface area contributed by atoms with Crippen LogP contribution >= 0.6 is 0 Å². The molecule has 17 heavy (non-hydrogen) atoms. The van der Waals surface area contributed by atoms with Crippen molar-refractivity contribution in [3.63, 3.8) is 0 Å². The first-order chi connectivity index (χ1) is 8.30. The molecule has 1 aliphatic rings. The topological polar surface area (TPSA) is 40.0 Å². The zero-order valence-electron chi connectivity index (χ0n) is 10.4. The lowest BCUT2D eigenvalue weighted by Crippen LogP contribution is -2.08. The van der Waals surface area contributed by atoms with Gasteiger partial charge in [-0.15, -0.1) is 0 Å². The molecular formula is C13H17NO3. The second kappa shape index (κ2) is 5.08. The Labute approximate surface area is 101 Å². The third kappa shape index (κ3) is 2.20. The molecule has 92 valence electrons. The molecule has 0 fully saturated rings. The number of ether oxygens (including phenoxy) is 2. The molecule has 0 spiro atoms. The van der Waals surface area contributed by atoms with Gasteiger partial charge < -0.3 is 14.3 Å². The molecule has 0 N–H and O–H groups in total. The molecule has 0 saturated heterocycles. The van der Waals surface area contributed by atoms with Crippen LogP contribution in [0.3, 0.4) is 0 Å². The first kappa shape index (κ1) is 11.8. The Bertz CT molecular complexity index is 429. The Morgan fingerprint density at radius 3 is 2.76 bits per heavy atom. The molecule has 0 amide bonds. The summed E-state index contributed by atoms with van der Waals surface area (Å²) >= 11 is 0. The summed E-state index contributed by atoms with van der Waals surface area (Å²) < 4.78 is 10.7. The van der Waals surface area contributed by atoms with Crippen LogP contribution in [0, 0.1) is 0 Å². The van der Waals surface area contributed by atoms with Crippen molar-refractivity contribution in [3.8, 4) is 11.5 Å². The van der Waals surface area contributed by atoms with Crippen molar-refractivity contribution >= 4 is 5.71 Å². The van der Waals surface area contributed by atoms with E-state index in [4.69, 9.17) is 14.3 Å². The Morgan fingerprint density at radius 2 is 2.18 bits per heavy atom. The number of oxime groups is 1. The number of hydrogen-bond donors (Lipinski definition) is 0. The largest absolute Gasteiger partial charge is 0.493 e. The summed E-state index contributed by atoms with van der Waals surface area (Å²) in [5, 5.41) is 4.12. The van der Waals surface area contributed by atoms with Crippen LogP contribution in [0.2, 0.25) is 0 Å². The van der Waals surface area contributed by atoms with Crippen LogP contribution in [0.15, 0.2) is 23.4 Å². The number of hydrogen-bond acceptors (Lipinski definition) is 4. The Kier molecular flexibility index (Phi) is 3.52. The van der Waals surface area contributed by atoms with Crippen molar-refractivity contribution < 1.29 is 14.3 Å². The number of para-hydroxylation sites is 1. The number of rotatable bonds is 4. The van der Waals surface area contributed by atoms with E-state index in [1.165, 1.54) is 0 Å². The molecule has 1 atom stereocenters. The highest BCUT2D eigenvalue weighted by molar-refractivity contribution is 6.04. The molecule has 0 radical (unpaired) electrons. The quantitative estimate of drug-likeness (QED) is 0.805. The van der Waals surface area contributed by atoms with Gasteiger partial charge in [-0.3, -0.25) is 0 Å². The molecule has 1 aromatic carbocycles. The summed E-state index contributed by atoms with van der Waals surface area (Å²) in [5.41, 5.74) is 1.87. The van der Waals surface area contributed by atoms with Crippen molar-refractivity contribution in [2.24, 2.45) is 5.16 Å². The summed E-state index contributed by atoms with van der Waals surface area (Å²) in [4.78, 5) is 5.33. The summed E-state index contributed by atoms with van der Waals surface area (Å²) in [6, 6.07) is 5.77. The van der Waals surface area contributed by atoms with Gasteiger partial charge in [0.05, 0.1) is 19.9 Å². The molecule has 0 bridgehead atoms. The molecular weight excluding hydrogens is 218 g/mol. The van der Waals surface area contributed by atoms with E-state index < -0.39 is 0 Å². The minimum Gasteiger partial charge on any atom is -0.493 e. The van der Waals surface area contributed by atoms with Crippen molar-refractivity contribution in [1.29, 1.82) is 0 Å². The normalized spacial score (nSPS) is 18.5. The molecule has 1 unspecified atom stereocenters. The lowest BCUT2D eigenvalue weighted by molar-refractivity contribution is 0.0829. The van der Waals surface area contributed by atoms with Gasteiger partial charge in [-0.1, -0.05) is 18.1 Å². The number of methoxy groups -OCH3 is 2. The molecule has 0 aliphatic carbocycles. The van der Waals surface area contributed by atoms with E-state index >= 15 is 0 Å². The minimum absolute atomic E-state index is 0.181. The fourth-order valence-electron chi connectivity index (χ4n) is 1.92. The van der Waals surface area contributed by atoms with Gasteiger partial charge in [0.1, 0.15) is 6.10 Å². The van der Waals surface area contributed by atoms with Crippen LogP contribution in [0.1, 0.15) is 25.3 Å². The Balaban J connectivity index is 2.33. The fourth-order valence-corrected chi connectivity index (χ4v) is 1.92. The SMILES string of the molecule is CCC1CC(c2cccc(OC)c2OC)=NO1. The Morgan fingerprint density at radius 1 is 1.35 bits per heavy atom. The van der Waals surface area contributed by atoms with E-state index in [0.717, 1.165) is 24.1 Å². The van der Waals surface area contributed by atoms with Gasteiger partial charge in [0, 0.05) is 12.0 Å². The monoisotopic (exact) mass is 235 g/mol. The molecule has 0 aromatic heterocycles. The van der Waals surface area contributed by atoms with Gasteiger partial charge in [0.15, 0.2) is 11.5 Å². The smallest absolute Gasteiger partial charge is 0.169 e. The predicted molar refractivity (Wildman–Crippen MR) is 65.9 cm³/mol. The molecule has 1 aliphatic heterocycles. The van der Waals surface area contributed by atoms with Crippen molar-refractivity contribution in [2.45, 2.75) is 25.9 Å². The predicted octanol–water partition coefficient (Wildman–Crippen LogP) is 2.61. The van der Waals surface area contributed by atoms with Crippen molar-refractivity contribution in [2.75, 3.05) is 14.2 Å². The van der Waals surface area contributed by atoms with Crippen LogP contribution in [0.4, 0.5) is 0 Å². The van der Waals surface area contributed by atoms with Crippen molar-refractivity contribution in [3.05, 3.63) is 23.8 Å². The maximum absolute atomic E-state index is 5.39. The second-order valence-corrected chi connectivity index (χ2v) is 3.92. The van der Waals surface area contributed by atoms with E-state index in [0.29, 0.717) is 11.5 Å². The second-order valence-electron chi connectivity index (χ2n) is 3.92. The van der Waals surface area contributed by atoms with E-state index in [2.05, 4.69) is 12.1 Å². The summed E-state index contributed by atoms with van der Waals surface area (Å²) in [6.07, 6.45) is 1.96. The zero-order chi connectivity index (χ0) is 12.3. The van der Waals surface area contributed by atoms with E-state index in [1.54, 1.807) is 14.2 Å². The highest BCUT2D eigenvalue weighted by Gasteiger charge is 2.24. The highest BCUT2D eigenvalue weighted by atomic mass is 16.6. The average Bonchev–Trinajstić information content (AvgIpc) is 2.86. The highest BCUT2D eigenvalue weighted by Crippen LogP contribution is 2.33. The third-order valence-corrected chi connectivity index (χ3v) is 2.90. The lowest BCUT2D eigenvalue weighted by Gasteiger charge is -2.11. The molecule has 1 heterocycles. The van der Waals surface area contributed by atoms with Crippen LogP contribution in [-0.4, -0.2) is 26.0 Å². The van der Waals surface area contributed by atoms with Crippen LogP contribution < -0.4 is 9.47 Å². The Hall–Kier alpha value is -1.71. The number of benzene rings is 1. The maximum atomic E-state index is 5.39. The molecule has 4 nitrogen and oxygen atoms in total. The molecule has 0 saturated carbocycles. The average molecular weight is 235 g/mol. The van der Waals surface area contributed by atoms with Gasteiger partial charge in [-0.05, 0) is 18.6 Å². The third-order valence-electron chi connectivity index (χ3n) is 2.90. The van der Waals surface area contributed by atoms with E-state index in [1.807, 2.05) is 18.2 Å². The summed E-state index contributed by atoms with van der Waals surface area (Å²) in [7, 11) is 3.26. The van der Waals surface area contributed by atoms with E-state index in [-0.39, 0.29) is 6.10 Å². The fraction of sp³-hybridized carbons (Fsp3) is 0.462. The zero-order valence-corrected chi connectivity index (χ0v) is 10.4. The van der Waals surface area contributed by atoms with Gasteiger partial charge in [0.25, 0.3) is 0 Å². The summed E-state index contributed by atoms with van der Waals surface area (Å²) in [6.45, 7) is 2.09. The minimum atomic E-state index is 0.181. The van der Waals surface area contributed by atoms with Gasteiger partial charge in [-0.25, -0.2) is 0 Å². The standard InChI is InChI=1S/C13H17NO3/c1-4-9-8-11(14-17-9)10-6-5-7-12(15-2)13(10)16-3/h5-7,9H,4,8H2,1-3H3. The molecule has 2 rings (SSSR count). The van der Waals surface area contributed by atoms with Crippen LogP contribution in [0.25, 0.3) is 0 Å². The van der Waals surface area contributed by atoms with Gasteiger partial charge in [-0.2, -0.15) is 0 Å². The van der Waals surface area contributed by atoms with Crippen LogP contribution in [-0.2, 0) is 4.84 Å². The first-order valence-corrected chi connectivity index (χ1v) is 5.74. The van der Waals surface area contributed by atoms with Crippen molar-refractivity contribution in [1.82, 2.24) is 0 Å². The first-order valence-electron chi connectivity index (χ1n) is 5.74. The number of nitrogens with zero attached hydrogens (tertiary/aromatic N) is 1. The van der Waals surface area contributed by atoms with E-state index in [9.17, 15) is 0 Å². The van der Waals surface area contributed by atoms with Gasteiger partial charge >= 0.3 is 0 Å². The summed E-state index contributed by atoms with van der Waals surface area (Å²) in [5.74, 6) is 1.43. The van der Waals surface area contributed by atoms with Crippen LogP contribution in [0.5, 0.6) is 11.5 Å².